The van der Waals surface area contributed by atoms with Gasteiger partial charge in [0.25, 0.3) is 0 Å². The molecule has 2 N–H and O–H groups in total. The van der Waals surface area contributed by atoms with E-state index < -0.39 is 7.32 Å². The van der Waals surface area contributed by atoms with Crippen LogP contribution in [-0.2, 0) is 11.2 Å². The molecule has 0 aromatic heterocycles. The zero-order valence-corrected chi connectivity index (χ0v) is 8.88. The van der Waals surface area contributed by atoms with Crippen LogP contribution in [-0.4, -0.2) is 30.3 Å². The maximum absolute atomic E-state index is 11.4. The average Bonchev–Trinajstić information content (AvgIpc) is 2.23. The summed E-state index contributed by atoms with van der Waals surface area (Å²) < 4.78 is 4.75. The SMILES string of the molecule is CN1C(=O)CCc2cc(OB(O)O)ccc21. The molecule has 0 aliphatic carbocycles. The van der Waals surface area contributed by atoms with Gasteiger partial charge in [0.15, 0.2) is 0 Å². The monoisotopic (exact) mass is 221 g/mol. The first-order valence-electron chi connectivity index (χ1n) is 5.00. The molecule has 0 radical (unpaired) electrons. The summed E-state index contributed by atoms with van der Waals surface area (Å²) in [5.41, 5.74) is 1.82. The zero-order chi connectivity index (χ0) is 11.7. The van der Waals surface area contributed by atoms with Crippen molar-refractivity contribution in [3.05, 3.63) is 23.8 Å². The Morgan fingerprint density at radius 1 is 1.38 bits per heavy atom. The molecule has 0 spiro atoms. The standard InChI is InChI=1S/C10H12BNO4/c1-12-9-4-3-8(16-11(14)15)6-7(9)2-5-10(12)13/h3-4,6,14-15H,2,5H2,1H3. The van der Waals surface area contributed by atoms with Crippen LogP contribution >= 0.6 is 0 Å². The second-order valence-electron chi connectivity index (χ2n) is 3.69. The number of carbonyl (C=O) groups excluding carboxylic acids is 1. The molecule has 0 saturated heterocycles. The Labute approximate surface area is 93.4 Å². The van der Waals surface area contributed by atoms with Gasteiger partial charge in [-0.15, -0.1) is 0 Å². The Morgan fingerprint density at radius 2 is 2.12 bits per heavy atom. The van der Waals surface area contributed by atoms with Crippen molar-refractivity contribution < 1.29 is 19.5 Å². The molecule has 1 amide bonds. The van der Waals surface area contributed by atoms with E-state index in [1.165, 1.54) is 0 Å². The van der Waals surface area contributed by atoms with Crippen molar-refractivity contribution in [2.75, 3.05) is 11.9 Å². The number of nitrogens with zero attached hydrogens (tertiary/aromatic N) is 1. The van der Waals surface area contributed by atoms with Gasteiger partial charge in [-0.3, -0.25) is 4.79 Å². The van der Waals surface area contributed by atoms with Crippen LogP contribution in [0.2, 0.25) is 0 Å². The summed E-state index contributed by atoms with van der Waals surface area (Å²) in [5, 5.41) is 17.3. The number of fused-ring (bicyclic) bond motifs is 1. The highest BCUT2D eigenvalue weighted by Crippen LogP contribution is 2.30. The molecule has 0 saturated carbocycles. The highest BCUT2D eigenvalue weighted by Gasteiger charge is 2.21. The van der Waals surface area contributed by atoms with E-state index in [1.807, 2.05) is 0 Å². The molecule has 0 unspecified atom stereocenters. The first kappa shape index (κ1) is 11.0. The number of rotatable bonds is 2. The van der Waals surface area contributed by atoms with Gasteiger partial charge in [0.1, 0.15) is 5.75 Å². The number of carbonyl (C=O) groups is 1. The average molecular weight is 221 g/mol. The summed E-state index contributed by atoms with van der Waals surface area (Å²) in [4.78, 5) is 13.0. The van der Waals surface area contributed by atoms with Gasteiger partial charge in [0.05, 0.1) is 0 Å². The lowest BCUT2D eigenvalue weighted by Gasteiger charge is -2.26. The molecule has 5 nitrogen and oxygen atoms in total. The molecule has 2 rings (SSSR count). The molecule has 0 fully saturated rings. The fraction of sp³-hybridized carbons (Fsp3) is 0.300. The van der Waals surface area contributed by atoms with Crippen LogP contribution in [0.5, 0.6) is 5.75 Å². The van der Waals surface area contributed by atoms with E-state index >= 15 is 0 Å². The minimum Gasteiger partial charge on any atom is -0.512 e. The van der Waals surface area contributed by atoms with Gasteiger partial charge >= 0.3 is 7.32 Å². The summed E-state index contributed by atoms with van der Waals surface area (Å²) in [7, 11) is -0.0946. The first-order chi connectivity index (χ1) is 7.58. The molecule has 0 bridgehead atoms. The zero-order valence-electron chi connectivity index (χ0n) is 8.88. The van der Waals surface area contributed by atoms with E-state index in [9.17, 15) is 4.79 Å². The smallest absolute Gasteiger partial charge is 0.512 e. The van der Waals surface area contributed by atoms with E-state index in [2.05, 4.69) is 0 Å². The Balaban J connectivity index is 2.30. The third kappa shape index (κ3) is 2.03. The van der Waals surface area contributed by atoms with Gasteiger partial charge in [0.2, 0.25) is 5.91 Å². The highest BCUT2D eigenvalue weighted by atomic mass is 16.6. The summed E-state index contributed by atoms with van der Waals surface area (Å²) in [6.07, 6.45) is 1.12. The summed E-state index contributed by atoms with van der Waals surface area (Å²) in [5.74, 6) is 0.472. The lowest BCUT2D eigenvalue weighted by molar-refractivity contribution is -0.118. The number of amides is 1. The molecule has 1 aliphatic rings. The first-order valence-corrected chi connectivity index (χ1v) is 5.00. The fourth-order valence-corrected chi connectivity index (χ4v) is 1.83. The summed E-state index contributed by atoms with van der Waals surface area (Å²) in [6, 6.07) is 5.06. The normalized spacial score (nSPS) is 14.7. The van der Waals surface area contributed by atoms with Crippen LogP contribution in [0.15, 0.2) is 18.2 Å². The van der Waals surface area contributed by atoms with Gasteiger partial charge in [0, 0.05) is 19.2 Å². The second kappa shape index (κ2) is 4.15. The molecule has 1 aromatic carbocycles. The second-order valence-corrected chi connectivity index (χ2v) is 3.69. The Kier molecular flexibility index (Phi) is 2.85. The third-order valence-electron chi connectivity index (χ3n) is 2.64. The van der Waals surface area contributed by atoms with Crippen molar-refractivity contribution in [3.8, 4) is 5.75 Å². The van der Waals surface area contributed by atoms with Crippen LogP contribution < -0.4 is 9.55 Å². The van der Waals surface area contributed by atoms with Crippen molar-refractivity contribution in [3.63, 3.8) is 0 Å². The minimum atomic E-state index is -1.82. The van der Waals surface area contributed by atoms with Crippen molar-refractivity contribution in [1.82, 2.24) is 0 Å². The molecular formula is C10H12BNO4. The molecule has 16 heavy (non-hydrogen) atoms. The summed E-state index contributed by atoms with van der Waals surface area (Å²) in [6.45, 7) is 0. The molecule has 84 valence electrons. The Bertz CT molecular complexity index is 421. The maximum Gasteiger partial charge on any atom is 0.707 e. The van der Waals surface area contributed by atoms with E-state index in [0.717, 1.165) is 11.3 Å². The number of benzene rings is 1. The van der Waals surface area contributed by atoms with Crippen molar-refractivity contribution >= 4 is 18.9 Å². The van der Waals surface area contributed by atoms with E-state index in [4.69, 9.17) is 14.7 Å². The number of aryl methyl sites for hydroxylation is 1. The van der Waals surface area contributed by atoms with Gasteiger partial charge in [-0.2, -0.15) is 0 Å². The highest BCUT2D eigenvalue weighted by molar-refractivity contribution is 6.33. The molecule has 1 aromatic rings. The molecule has 0 atom stereocenters. The van der Waals surface area contributed by atoms with E-state index in [-0.39, 0.29) is 5.91 Å². The van der Waals surface area contributed by atoms with Gasteiger partial charge in [-0.1, -0.05) is 0 Å². The molecule has 1 aliphatic heterocycles. The van der Waals surface area contributed by atoms with Crippen LogP contribution in [0.25, 0.3) is 0 Å². The van der Waals surface area contributed by atoms with Crippen LogP contribution in [0.1, 0.15) is 12.0 Å². The topological polar surface area (TPSA) is 70.0 Å². The molecule has 1 heterocycles. The fourth-order valence-electron chi connectivity index (χ4n) is 1.83. The largest absolute Gasteiger partial charge is 0.707 e. The number of hydrogen-bond acceptors (Lipinski definition) is 4. The Hall–Kier alpha value is -1.53. The van der Waals surface area contributed by atoms with E-state index in [0.29, 0.717) is 18.6 Å². The maximum atomic E-state index is 11.4. The number of anilines is 1. The Morgan fingerprint density at radius 3 is 2.81 bits per heavy atom. The van der Waals surface area contributed by atoms with Crippen LogP contribution in [0, 0.1) is 0 Å². The molecular weight excluding hydrogens is 209 g/mol. The number of hydrogen-bond donors (Lipinski definition) is 2. The predicted octanol–water partition coefficient (Wildman–Crippen LogP) is -0.0561. The predicted molar refractivity (Wildman–Crippen MR) is 59.0 cm³/mol. The van der Waals surface area contributed by atoms with Gasteiger partial charge in [-0.05, 0) is 30.2 Å². The molecule has 6 heteroatoms. The lowest BCUT2D eigenvalue weighted by atomic mass is 10.0. The third-order valence-corrected chi connectivity index (χ3v) is 2.64. The van der Waals surface area contributed by atoms with E-state index in [1.54, 1.807) is 30.1 Å². The van der Waals surface area contributed by atoms with Crippen molar-refractivity contribution in [2.24, 2.45) is 0 Å². The minimum absolute atomic E-state index is 0.0864. The van der Waals surface area contributed by atoms with Crippen molar-refractivity contribution in [2.45, 2.75) is 12.8 Å². The van der Waals surface area contributed by atoms with Gasteiger partial charge in [-0.25, -0.2) is 0 Å². The van der Waals surface area contributed by atoms with Crippen molar-refractivity contribution in [1.29, 1.82) is 0 Å². The van der Waals surface area contributed by atoms with Gasteiger partial charge < -0.3 is 19.6 Å². The quantitative estimate of drug-likeness (QED) is 0.686. The van der Waals surface area contributed by atoms with Crippen LogP contribution in [0.3, 0.4) is 0 Å². The summed E-state index contributed by atoms with van der Waals surface area (Å²) >= 11 is 0. The van der Waals surface area contributed by atoms with Crippen LogP contribution in [0.4, 0.5) is 5.69 Å². The lowest BCUT2D eigenvalue weighted by Crippen LogP contribution is -2.31.